The summed E-state index contributed by atoms with van der Waals surface area (Å²) in [5.74, 6) is 0.464. The maximum atomic E-state index is 11.2. The Morgan fingerprint density at radius 1 is 1.25 bits per heavy atom. The Labute approximate surface area is 79.2 Å². The molecule has 0 radical (unpaired) electrons. The quantitative estimate of drug-likeness (QED) is 0.656. The van der Waals surface area contributed by atoms with E-state index in [1.54, 1.807) is 12.1 Å². The molecule has 1 aromatic carbocycles. The molecule has 2 rings (SSSR count). The molecule has 0 spiro atoms. The van der Waals surface area contributed by atoms with Crippen LogP contribution in [0.5, 0.6) is 5.75 Å². The third-order valence-corrected chi connectivity index (χ3v) is 4.95. The van der Waals surface area contributed by atoms with E-state index in [-0.39, 0.29) is 5.97 Å². The molecule has 0 N–H and O–H groups in total. The summed E-state index contributed by atoms with van der Waals surface area (Å²) in [5.41, 5.74) is 0.547. The summed E-state index contributed by atoms with van der Waals surface area (Å²) >= 11 is -2.33. The number of para-hydroxylation sites is 1. The first-order valence-electron chi connectivity index (χ1n) is 3.50. The van der Waals surface area contributed by atoms with Crippen LogP contribution >= 0.6 is 0 Å². The zero-order chi connectivity index (χ0) is 8.55. The van der Waals surface area contributed by atoms with Crippen molar-refractivity contribution in [1.82, 2.24) is 0 Å². The van der Waals surface area contributed by atoms with Crippen LogP contribution in [0.2, 0.25) is 4.63 Å². The zero-order valence-electron chi connectivity index (χ0n) is 6.48. The first kappa shape index (κ1) is 7.99. The van der Waals surface area contributed by atoms with Gasteiger partial charge in [0.25, 0.3) is 0 Å². The predicted molar refractivity (Wildman–Crippen MR) is 44.1 cm³/mol. The van der Waals surface area contributed by atoms with Gasteiger partial charge in [0.2, 0.25) is 0 Å². The molecular formula is C8H7BiO3. The van der Waals surface area contributed by atoms with Crippen LogP contribution in [0.15, 0.2) is 24.3 Å². The topological polar surface area (TPSA) is 35.5 Å². The van der Waals surface area contributed by atoms with Crippen molar-refractivity contribution in [3.05, 3.63) is 29.8 Å². The van der Waals surface area contributed by atoms with Gasteiger partial charge in [-0.25, -0.2) is 0 Å². The van der Waals surface area contributed by atoms with Crippen LogP contribution < -0.4 is 2.81 Å². The summed E-state index contributed by atoms with van der Waals surface area (Å²) in [7, 11) is 0. The van der Waals surface area contributed by atoms with Crippen LogP contribution in [0.1, 0.15) is 10.4 Å². The van der Waals surface area contributed by atoms with E-state index in [0.717, 1.165) is 0 Å². The molecule has 0 saturated carbocycles. The molecule has 1 aliphatic heterocycles. The van der Waals surface area contributed by atoms with Crippen LogP contribution in [0.25, 0.3) is 0 Å². The van der Waals surface area contributed by atoms with E-state index in [4.69, 9.17) is 5.63 Å². The standard InChI is InChI=1S/C7H6O3.CH3.Bi/c8-6-4-2-1-3-5(6)7(9)10;;/h1-4,8H,(H,9,10);1H3;/q;;+2/p-2. The van der Waals surface area contributed by atoms with Gasteiger partial charge in [0, 0.05) is 0 Å². The van der Waals surface area contributed by atoms with Crippen LogP contribution in [0.3, 0.4) is 0 Å². The van der Waals surface area contributed by atoms with Crippen molar-refractivity contribution >= 4 is 28.6 Å². The van der Waals surface area contributed by atoms with Gasteiger partial charge in [-0.15, -0.1) is 0 Å². The molecule has 0 amide bonds. The van der Waals surface area contributed by atoms with Crippen molar-refractivity contribution in [1.29, 1.82) is 0 Å². The SMILES string of the molecule is [CH3][Bi]1[O]C(=O)c2ccccc2[O]1. The Morgan fingerprint density at radius 3 is 2.83 bits per heavy atom. The van der Waals surface area contributed by atoms with Gasteiger partial charge in [-0.05, 0) is 0 Å². The number of hydrogen-bond donors (Lipinski definition) is 0. The number of carbonyl (C=O) groups excluding carboxylic acids is 1. The Balaban J connectivity index is 2.47. The monoisotopic (exact) mass is 360 g/mol. The number of rotatable bonds is 0. The maximum absolute atomic E-state index is 11.2. The Hall–Kier alpha value is -0.627. The van der Waals surface area contributed by atoms with Gasteiger partial charge in [0.15, 0.2) is 0 Å². The Bertz CT molecular complexity index is 324. The van der Waals surface area contributed by atoms with Gasteiger partial charge < -0.3 is 0 Å². The molecule has 0 saturated heterocycles. The normalized spacial score (nSPS) is 16.2. The van der Waals surface area contributed by atoms with Gasteiger partial charge >= 0.3 is 79.2 Å². The zero-order valence-corrected chi connectivity index (χ0v) is 9.96. The summed E-state index contributed by atoms with van der Waals surface area (Å²) in [6, 6.07) is 7.18. The van der Waals surface area contributed by atoms with Crippen molar-refractivity contribution in [2.24, 2.45) is 0 Å². The fourth-order valence-corrected chi connectivity index (χ4v) is 4.17. The molecule has 0 unspecified atom stereocenters. The number of benzene rings is 1. The average molecular weight is 360 g/mol. The number of carbonyl (C=O) groups is 1. The molecule has 1 heterocycles. The fourth-order valence-electron chi connectivity index (χ4n) is 1.04. The average Bonchev–Trinajstić information content (AvgIpc) is 2.04. The van der Waals surface area contributed by atoms with Crippen molar-refractivity contribution in [2.75, 3.05) is 0 Å². The molecule has 4 heteroatoms. The van der Waals surface area contributed by atoms with E-state index in [2.05, 4.69) is 0 Å². The van der Waals surface area contributed by atoms with Gasteiger partial charge in [-0.3, -0.25) is 0 Å². The minimum atomic E-state index is -2.33. The summed E-state index contributed by atoms with van der Waals surface area (Å²) in [6.45, 7) is 0. The van der Waals surface area contributed by atoms with E-state index >= 15 is 0 Å². The van der Waals surface area contributed by atoms with Gasteiger partial charge in [0.05, 0.1) is 0 Å². The Kier molecular flexibility index (Phi) is 2.01. The van der Waals surface area contributed by atoms with Gasteiger partial charge in [0.1, 0.15) is 0 Å². The van der Waals surface area contributed by atoms with Crippen LogP contribution in [0.4, 0.5) is 0 Å². The number of hydrogen-bond acceptors (Lipinski definition) is 3. The molecule has 1 aromatic rings. The molecule has 0 fully saturated rings. The van der Waals surface area contributed by atoms with Crippen LogP contribution in [0, 0.1) is 0 Å². The third-order valence-electron chi connectivity index (χ3n) is 1.55. The van der Waals surface area contributed by atoms with Crippen LogP contribution in [-0.2, 0) is 2.81 Å². The first-order chi connectivity index (χ1) is 5.77. The minimum absolute atomic E-state index is 0.225. The molecule has 12 heavy (non-hydrogen) atoms. The second-order valence-electron chi connectivity index (χ2n) is 2.41. The molecule has 0 aliphatic carbocycles. The van der Waals surface area contributed by atoms with Crippen LogP contribution in [-0.4, -0.2) is 28.6 Å². The van der Waals surface area contributed by atoms with E-state index in [1.807, 2.05) is 16.8 Å². The van der Waals surface area contributed by atoms with Crippen molar-refractivity contribution in [2.45, 2.75) is 4.63 Å². The van der Waals surface area contributed by atoms with Gasteiger partial charge in [-0.2, -0.15) is 0 Å². The third kappa shape index (κ3) is 1.31. The summed E-state index contributed by atoms with van der Waals surface area (Å²) in [6.07, 6.45) is 0. The molecule has 0 aromatic heterocycles. The number of fused-ring (bicyclic) bond motifs is 1. The van der Waals surface area contributed by atoms with Gasteiger partial charge in [-0.1, -0.05) is 0 Å². The molecule has 0 atom stereocenters. The summed E-state index contributed by atoms with van der Waals surface area (Å²) < 4.78 is 12.4. The van der Waals surface area contributed by atoms with Crippen molar-refractivity contribution < 1.29 is 10.4 Å². The van der Waals surface area contributed by atoms with E-state index in [1.165, 1.54) is 0 Å². The molecule has 62 valence electrons. The van der Waals surface area contributed by atoms with E-state index in [9.17, 15) is 4.79 Å². The second-order valence-corrected chi connectivity index (χ2v) is 7.24. The van der Waals surface area contributed by atoms with E-state index in [0.29, 0.717) is 11.3 Å². The summed E-state index contributed by atoms with van der Waals surface area (Å²) in [4.78, 5) is 11.2. The van der Waals surface area contributed by atoms with Crippen molar-refractivity contribution in [3.63, 3.8) is 0 Å². The molecular weight excluding hydrogens is 353 g/mol. The second kappa shape index (κ2) is 3.02. The van der Waals surface area contributed by atoms with Crippen molar-refractivity contribution in [3.8, 4) is 5.75 Å². The fraction of sp³-hybridized carbons (Fsp3) is 0.125. The summed E-state index contributed by atoms with van der Waals surface area (Å²) in [5, 5.41) is 0. The first-order valence-corrected chi connectivity index (χ1v) is 9.82. The predicted octanol–water partition coefficient (Wildman–Crippen LogP) is 1.35. The molecule has 0 bridgehead atoms. The van der Waals surface area contributed by atoms with E-state index < -0.39 is 22.6 Å². The molecule has 3 nitrogen and oxygen atoms in total. The molecule has 1 aliphatic rings. The Morgan fingerprint density at radius 2 is 2.00 bits per heavy atom.